The van der Waals surface area contributed by atoms with Gasteiger partial charge in [0.15, 0.2) is 0 Å². The molecule has 1 saturated heterocycles. The molecule has 2 heterocycles. The fourth-order valence-corrected chi connectivity index (χ4v) is 5.09. The van der Waals surface area contributed by atoms with Crippen molar-refractivity contribution >= 4 is 34.7 Å². The third-order valence-corrected chi connectivity index (χ3v) is 7.00. The number of hydrogen-bond acceptors (Lipinski definition) is 5. The molecule has 9 heteroatoms. The van der Waals surface area contributed by atoms with Crippen molar-refractivity contribution in [2.75, 3.05) is 25.0 Å². The van der Waals surface area contributed by atoms with Crippen molar-refractivity contribution in [2.24, 2.45) is 0 Å². The molecule has 3 amide bonds. The zero-order valence-electron chi connectivity index (χ0n) is 19.4. The predicted octanol–water partition coefficient (Wildman–Crippen LogP) is 4.43. The van der Waals surface area contributed by atoms with Crippen molar-refractivity contribution in [2.45, 2.75) is 32.1 Å². The van der Waals surface area contributed by atoms with Gasteiger partial charge in [0.05, 0.1) is 5.01 Å². The van der Waals surface area contributed by atoms with Crippen molar-refractivity contribution in [3.05, 3.63) is 70.4 Å². The molecule has 0 atom stereocenters. The Bertz CT molecular complexity index is 1200. The summed E-state index contributed by atoms with van der Waals surface area (Å²) in [5.41, 5.74) is 2.59. The standard InChI is InChI=1S/C26H27FN4O3S/c1-17(32)28-13-10-24(33)31-14-11-19(12-15-31)26-30-23(16-35-26)25(34)29-22-5-3-2-4-21(22)18-6-8-20(27)9-7-18/h2-9,16,19H,10-15H2,1H3,(H,28,32)(H,29,34). The second kappa shape index (κ2) is 11.2. The average Bonchev–Trinajstić information content (AvgIpc) is 3.35. The molecular formula is C26H27FN4O3S. The molecule has 4 rings (SSSR count). The van der Waals surface area contributed by atoms with Crippen LogP contribution in [-0.2, 0) is 9.59 Å². The van der Waals surface area contributed by atoms with Crippen LogP contribution >= 0.6 is 11.3 Å². The Labute approximate surface area is 207 Å². The number of para-hydroxylation sites is 1. The Morgan fingerprint density at radius 1 is 1.09 bits per heavy atom. The second-order valence-electron chi connectivity index (χ2n) is 8.47. The number of carbonyl (C=O) groups excluding carboxylic acids is 3. The SMILES string of the molecule is CC(=O)NCCC(=O)N1CCC(c2nc(C(=O)Nc3ccccc3-c3ccc(F)cc3)cs2)CC1. The van der Waals surface area contributed by atoms with Crippen molar-refractivity contribution in [3.8, 4) is 11.1 Å². The maximum atomic E-state index is 13.3. The van der Waals surface area contributed by atoms with Gasteiger partial charge in [-0.2, -0.15) is 0 Å². The molecule has 0 aliphatic carbocycles. The molecule has 1 aliphatic heterocycles. The fraction of sp³-hybridized carbons (Fsp3) is 0.308. The summed E-state index contributed by atoms with van der Waals surface area (Å²) in [5.74, 6) is -0.513. The minimum Gasteiger partial charge on any atom is -0.356 e. The number of halogens is 1. The Balaban J connectivity index is 1.35. The molecule has 0 saturated carbocycles. The van der Waals surface area contributed by atoms with E-state index in [0.717, 1.165) is 29.0 Å². The van der Waals surface area contributed by atoms with Crippen LogP contribution in [0.2, 0.25) is 0 Å². The number of piperidine rings is 1. The van der Waals surface area contributed by atoms with E-state index in [2.05, 4.69) is 15.6 Å². The zero-order chi connectivity index (χ0) is 24.8. The Hall–Kier alpha value is -3.59. The fourth-order valence-electron chi connectivity index (χ4n) is 4.12. The van der Waals surface area contributed by atoms with Crippen molar-refractivity contribution in [1.29, 1.82) is 0 Å². The van der Waals surface area contributed by atoms with Crippen LogP contribution in [0.1, 0.15) is 47.6 Å². The van der Waals surface area contributed by atoms with E-state index >= 15 is 0 Å². The highest BCUT2D eigenvalue weighted by Gasteiger charge is 2.26. The van der Waals surface area contributed by atoms with Crippen LogP contribution in [0.3, 0.4) is 0 Å². The molecule has 0 unspecified atom stereocenters. The number of likely N-dealkylation sites (tertiary alicyclic amines) is 1. The largest absolute Gasteiger partial charge is 0.356 e. The first kappa shape index (κ1) is 24.5. The van der Waals surface area contributed by atoms with Gasteiger partial charge < -0.3 is 15.5 Å². The summed E-state index contributed by atoms with van der Waals surface area (Å²) in [7, 11) is 0. The van der Waals surface area contributed by atoms with Crippen LogP contribution in [0.15, 0.2) is 53.9 Å². The lowest BCUT2D eigenvalue weighted by molar-refractivity contribution is -0.132. The molecule has 3 aromatic rings. The Kier molecular flexibility index (Phi) is 7.87. The monoisotopic (exact) mass is 494 g/mol. The van der Waals surface area contributed by atoms with Crippen LogP contribution < -0.4 is 10.6 Å². The number of hydrogen-bond donors (Lipinski definition) is 2. The summed E-state index contributed by atoms with van der Waals surface area (Å²) in [6.07, 6.45) is 1.87. The number of benzene rings is 2. The number of nitrogens with zero attached hydrogens (tertiary/aromatic N) is 2. The summed E-state index contributed by atoms with van der Waals surface area (Å²) in [6, 6.07) is 13.5. The smallest absolute Gasteiger partial charge is 0.275 e. The topological polar surface area (TPSA) is 91.4 Å². The maximum absolute atomic E-state index is 13.3. The number of rotatable bonds is 7. The highest BCUT2D eigenvalue weighted by atomic mass is 32.1. The van der Waals surface area contributed by atoms with Crippen molar-refractivity contribution in [1.82, 2.24) is 15.2 Å². The number of thiazole rings is 1. The number of carbonyl (C=O) groups is 3. The van der Waals surface area contributed by atoms with Crippen LogP contribution in [0.4, 0.5) is 10.1 Å². The summed E-state index contributed by atoms with van der Waals surface area (Å²) in [5, 5.41) is 8.24. The molecular weight excluding hydrogens is 467 g/mol. The molecule has 2 aromatic carbocycles. The van der Waals surface area contributed by atoms with Gasteiger partial charge in [-0.3, -0.25) is 14.4 Å². The van der Waals surface area contributed by atoms with Gasteiger partial charge >= 0.3 is 0 Å². The lowest BCUT2D eigenvalue weighted by Crippen LogP contribution is -2.39. The van der Waals surface area contributed by atoms with E-state index in [1.165, 1.54) is 30.4 Å². The molecule has 1 fully saturated rings. The van der Waals surface area contributed by atoms with Gasteiger partial charge in [0.2, 0.25) is 11.8 Å². The van der Waals surface area contributed by atoms with Gasteiger partial charge in [-0.05, 0) is 36.6 Å². The van der Waals surface area contributed by atoms with E-state index in [1.807, 2.05) is 29.2 Å². The molecule has 0 bridgehead atoms. The highest BCUT2D eigenvalue weighted by molar-refractivity contribution is 7.10. The van der Waals surface area contributed by atoms with Gasteiger partial charge in [0.1, 0.15) is 11.5 Å². The highest BCUT2D eigenvalue weighted by Crippen LogP contribution is 2.32. The lowest BCUT2D eigenvalue weighted by Gasteiger charge is -2.31. The second-order valence-corrected chi connectivity index (χ2v) is 9.36. The van der Waals surface area contributed by atoms with Crippen molar-refractivity contribution < 1.29 is 18.8 Å². The summed E-state index contributed by atoms with van der Waals surface area (Å²) in [4.78, 5) is 42.6. The molecule has 35 heavy (non-hydrogen) atoms. The summed E-state index contributed by atoms with van der Waals surface area (Å²) in [6.45, 7) is 3.05. The lowest BCUT2D eigenvalue weighted by atomic mass is 9.97. The first-order valence-electron chi connectivity index (χ1n) is 11.5. The van der Waals surface area contributed by atoms with Crippen LogP contribution in [0, 0.1) is 5.82 Å². The third kappa shape index (κ3) is 6.30. The van der Waals surface area contributed by atoms with E-state index < -0.39 is 0 Å². The molecule has 1 aromatic heterocycles. The van der Waals surface area contributed by atoms with Gasteiger partial charge in [-0.1, -0.05) is 30.3 Å². The average molecular weight is 495 g/mol. The first-order chi connectivity index (χ1) is 16.9. The number of nitrogens with one attached hydrogen (secondary N) is 2. The van der Waals surface area contributed by atoms with Gasteiger partial charge in [0.25, 0.3) is 5.91 Å². The minimum atomic E-state index is -0.314. The summed E-state index contributed by atoms with van der Waals surface area (Å²) >= 11 is 1.46. The normalized spacial score (nSPS) is 13.9. The van der Waals surface area contributed by atoms with Gasteiger partial charge in [0, 0.05) is 55.5 Å². The zero-order valence-corrected chi connectivity index (χ0v) is 20.2. The number of anilines is 1. The predicted molar refractivity (Wildman–Crippen MR) is 134 cm³/mol. The maximum Gasteiger partial charge on any atom is 0.275 e. The Morgan fingerprint density at radius 3 is 2.51 bits per heavy atom. The van der Waals surface area contributed by atoms with E-state index in [9.17, 15) is 18.8 Å². The number of amides is 3. The van der Waals surface area contributed by atoms with Gasteiger partial charge in [-0.25, -0.2) is 9.37 Å². The van der Waals surface area contributed by atoms with Gasteiger partial charge in [-0.15, -0.1) is 11.3 Å². The molecule has 7 nitrogen and oxygen atoms in total. The van der Waals surface area contributed by atoms with E-state index in [1.54, 1.807) is 17.5 Å². The van der Waals surface area contributed by atoms with E-state index in [-0.39, 0.29) is 29.5 Å². The van der Waals surface area contributed by atoms with E-state index in [4.69, 9.17) is 0 Å². The molecule has 182 valence electrons. The van der Waals surface area contributed by atoms with Crippen LogP contribution in [0.25, 0.3) is 11.1 Å². The minimum absolute atomic E-state index is 0.0382. The van der Waals surface area contributed by atoms with Crippen LogP contribution in [-0.4, -0.2) is 47.2 Å². The molecule has 1 aliphatic rings. The molecule has 0 spiro atoms. The quantitative estimate of drug-likeness (QED) is 0.508. The molecule has 0 radical (unpaired) electrons. The third-order valence-electron chi connectivity index (χ3n) is 5.99. The molecule has 2 N–H and O–H groups in total. The summed E-state index contributed by atoms with van der Waals surface area (Å²) < 4.78 is 13.3. The van der Waals surface area contributed by atoms with E-state index in [0.29, 0.717) is 37.4 Å². The van der Waals surface area contributed by atoms with Crippen LogP contribution in [0.5, 0.6) is 0 Å². The van der Waals surface area contributed by atoms with Crippen molar-refractivity contribution in [3.63, 3.8) is 0 Å². The number of aromatic nitrogens is 1. The first-order valence-corrected chi connectivity index (χ1v) is 12.4. The Morgan fingerprint density at radius 2 is 1.80 bits per heavy atom.